The van der Waals surface area contributed by atoms with Crippen molar-refractivity contribution in [2.45, 2.75) is 32.5 Å². The summed E-state index contributed by atoms with van der Waals surface area (Å²) in [6.07, 6.45) is 3.70. The summed E-state index contributed by atoms with van der Waals surface area (Å²) in [6, 6.07) is 7.84. The zero-order valence-corrected chi connectivity index (χ0v) is 13.6. The lowest BCUT2D eigenvalue weighted by Crippen LogP contribution is -2.14. The van der Waals surface area contributed by atoms with Crippen molar-refractivity contribution in [3.05, 3.63) is 39.5 Å². The summed E-state index contributed by atoms with van der Waals surface area (Å²) < 4.78 is 12.2. The van der Waals surface area contributed by atoms with E-state index in [9.17, 15) is 0 Å². The van der Waals surface area contributed by atoms with E-state index in [1.54, 1.807) is 7.11 Å². The maximum absolute atomic E-state index is 9.05. The number of ether oxygens (including phenoxy) is 2. The smallest absolute Gasteiger partial charge is 0.118 e. The summed E-state index contributed by atoms with van der Waals surface area (Å²) in [6.45, 7) is 2.77. The summed E-state index contributed by atoms with van der Waals surface area (Å²) in [5, 5.41) is 9.05. The Bertz CT molecular complexity index is 383. The highest BCUT2D eigenvalue weighted by Crippen LogP contribution is 2.15. The van der Waals surface area contributed by atoms with Crippen molar-refractivity contribution in [1.82, 2.24) is 0 Å². The van der Waals surface area contributed by atoms with E-state index in [-0.39, 0.29) is 12.7 Å². The summed E-state index contributed by atoms with van der Waals surface area (Å²) in [4.78, 5) is 0. The van der Waals surface area contributed by atoms with Gasteiger partial charge in [0.05, 0.1) is 19.8 Å². The van der Waals surface area contributed by atoms with Crippen LogP contribution in [0.5, 0.6) is 5.75 Å². The lowest BCUT2D eigenvalue weighted by Gasteiger charge is -2.15. The van der Waals surface area contributed by atoms with E-state index in [1.807, 2.05) is 24.3 Å². The van der Waals surface area contributed by atoms with Crippen LogP contribution < -0.4 is 4.74 Å². The van der Waals surface area contributed by atoms with Crippen LogP contribution in [0.1, 0.15) is 25.3 Å². The maximum atomic E-state index is 9.05. The van der Waals surface area contributed by atoms with E-state index < -0.39 is 0 Å². The molecule has 1 atom stereocenters. The molecule has 1 rings (SSSR count). The SMILES string of the molecule is COc1ccc(CO[C@@H](C/C=C(\C)I)CCO)cc1. The average Bonchev–Trinajstić information content (AvgIpc) is 2.42. The van der Waals surface area contributed by atoms with Gasteiger partial charge in [-0.3, -0.25) is 0 Å². The molecule has 0 fully saturated rings. The fraction of sp³-hybridized carbons (Fsp3) is 0.467. The zero-order valence-electron chi connectivity index (χ0n) is 11.4. The molecule has 0 spiro atoms. The second kappa shape index (κ2) is 9.34. The lowest BCUT2D eigenvalue weighted by atomic mass is 10.1. The first-order valence-corrected chi connectivity index (χ1v) is 7.41. The first kappa shape index (κ1) is 16.5. The minimum Gasteiger partial charge on any atom is -0.497 e. The molecule has 19 heavy (non-hydrogen) atoms. The summed E-state index contributed by atoms with van der Waals surface area (Å²) in [5.74, 6) is 0.846. The van der Waals surface area contributed by atoms with Gasteiger partial charge in [0.1, 0.15) is 5.75 Å². The Morgan fingerprint density at radius 3 is 2.58 bits per heavy atom. The molecule has 1 aromatic rings. The van der Waals surface area contributed by atoms with Gasteiger partial charge in [-0.1, -0.05) is 18.2 Å². The van der Waals surface area contributed by atoms with Gasteiger partial charge in [0, 0.05) is 6.61 Å². The second-order valence-electron chi connectivity index (χ2n) is 4.32. The van der Waals surface area contributed by atoms with Crippen molar-refractivity contribution >= 4 is 22.6 Å². The number of allylic oxidation sites excluding steroid dienone is 1. The summed E-state index contributed by atoms with van der Waals surface area (Å²) in [7, 11) is 1.65. The van der Waals surface area contributed by atoms with Crippen LogP contribution in [0.4, 0.5) is 0 Å². The predicted octanol–water partition coefficient (Wildman–Crippen LogP) is 3.69. The number of benzene rings is 1. The molecule has 0 aliphatic rings. The highest BCUT2D eigenvalue weighted by molar-refractivity contribution is 14.1. The third-order valence-corrected chi connectivity index (χ3v) is 3.20. The van der Waals surface area contributed by atoms with Gasteiger partial charge < -0.3 is 14.6 Å². The van der Waals surface area contributed by atoms with Crippen LogP contribution in [0.3, 0.4) is 0 Å². The first-order chi connectivity index (χ1) is 9.15. The van der Waals surface area contributed by atoms with Gasteiger partial charge >= 0.3 is 0 Å². The van der Waals surface area contributed by atoms with Crippen molar-refractivity contribution in [2.24, 2.45) is 0 Å². The minimum atomic E-state index is 0.0665. The Labute approximate surface area is 128 Å². The molecular formula is C15H21IO3. The Morgan fingerprint density at radius 2 is 2.05 bits per heavy atom. The van der Waals surface area contributed by atoms with Crippen molar-refractivity contribution in [3.63, 3.8) is 0 Å². The Morgan fingerprint density at radius 1 is 1.37 bits per heavy atom. The normalized spacial score (nSPS) is 13.4. The standard InChI is InChI=1S/C15H21IO3/c1-12(16)3-6-15(9-10-17)19-11-13-4-7-14(18-2)8-5-13/h3-5,7-8,15,17H,6,9-11H2,1-2H3/b12-3+/t15-/m0/s1. The number of aliphatic hydroxyl groups excluding tert-OH is 1. The van der Waals surface area contributed by atoms with Gasteiger partial charge in [0.15, 0.2) is 0 Å². The minimum absolute atomic E-state index is 0.0665. The molecular weight excluding hydrogens is 355 g/mol. The maximum Gasteiger partial charge on any atom is 0.118 e. The predicted molar refractivity (Wildman–Crippen MR) is 85.7 cm³/mol. The number of rotatable bonds is 8. The molecule has 0 aliphatic heterocycles. The number of halogens is 1. The molecule has 0 saturated carbocycles. The van der Waals surface area contributed by atoms with Crippen LogP contribution in [0.2, 0.25) is 0 Å². The molecule has 0 aromatic heterocycles. The molecule has 0 unspecified atom stereocenters. The second-order valence-corrected chi connectivity index (χ2v) is 6.02. The van der Waals surface area contributed by atoms with Crippen LogP contribution in [0, 0.1) is 0 Å². The molecule has 3 nitrogen and oxygen atoms in total. The number of methoxy groups -OCH3 is 1. The van der Waals surface area contributed by atoms with E-state index in [1.165, 1.54) is 3.58 Å². The zero-order chi connectivity index (χ0) is 14.1. The molecule has 0 amide bonds. The van der Waals surface area contributed by atoms with Crippen molar-refractivity contribution in [3.8, 4) is 5.75 Å². The van der Waals surface area contributed by atoms with Crippen LogP contribution in [0.25, 0.3) is 0 Å². The van der Waals surface area contributed by atoms with Crippen LogP contribution in [-0.2, 0) is 11.3 Å². The Balaban J connectivity index is 2.47. The van der Waals surface area contributed by atoms with Crippen LogP contribution >= 0.6 is 22.6 Å². The number of hydrogen-bond donors (Lipinski definition) is 1. The number of aliphatic hydroxyl groups is 1. The molecule has 1 N–H and O–H groups in total. The molecule has 1 aromatic carbocycles. The van der Waals surface area contributed by atoms with Gasteiger partial charge in [-0.2, -0.15) is 0 Å². The van der Waals surface area contributed by atoms with Crippen LogP contribution in [-0.4, -0.2) is 24.9 Å². The van der Waals surface area contributed by atoms with Crippen molar-refractivity contribution < 1.29 is 14.6 Å². The quantitative estimate of drug-likeness (QED) is 0.704. The number of hydrogen-bond acceptors (Lipinski definition) is 3. The molecule has 0 saturated heterocycles. The largest absolute Gasteiger partial charge is 0.497 e. The van der Waals surface area contributed by atoms with E-state index in [2.05, 4.69) is 35.6 Å². The summed E-state index contributed by atoms with van der Waals surface area (Å²) >= 11 is 2.28. The van der Waals surface area contributed by atoms with Crippen LogP contribution in [0.15, 0.2) is 33.9 Å². The molecule has 0 bridgehead atoms. The summed E-state index contributed by atoms with van der Waals surface area (Å²) in [5.41, 5.74) is 1.11. The highest BCUT2D eigenvalue weighted by Gasteiger charge is 2.07. The average molecular weight is 376 g/mol. The Kier molecular flexibility index (Phi) is 8.09. The van der Waals surface area contributed by atoms with Gasteiger partial charge in [-0.15, -0.1) is 0 Å². The Hall–Kier alpha value is -0.590. The van der Waals surface area contributed by atoms with Gasteiger partial charge in [-0.05, 0) is 63.6 Å². The monoisotopic (exact) mass is 376 g/mol. The van der Waals surface area contributed by atoms with Gasteiger partial charge in [-0.25, -0.2) is 0 Å². The fourth-order valence-corrected chi connectivity index (χ4v) is 1.90. The lowest BCUT2D eigenvalue weighted by molar-refractivity contribution is 0.0262. The topological polar surface area (TPSA) is 38.7 Å². The molecule has 0 heterocycles. The van der Waals surface area contributed by atoms with Crippen molar-refractivity contribution in [2.75, 3.05) is 13.7 Å². The van der Waals surface area contributed by atoms with Gasteiger partial charge in [0.25, 0.3) is 0 Å². The molecule has 4 heteroatoms. The van der Waals surface area contributed by atoms with E-state index in [4.69, 9.17) is 14.6 Å². The van der Waals surface area contributed by atoms with E-state index in [0.717, 1.165) is 17.7 Å². The third kappa shape index (κ3) is 6.94. The molecule has 0 aliphatic carbocycles. The van der Waals surface area contributed by atoms with E-state index >= 15 is 0 Å². The molecule has 0 radical (unpaired) electrons. The van der Waals surface area contributed by atoms with Crippen molar-refractivity contribution in [1.29, 1.82) is 0 Å². The van der Waals surface area contributed by atoms with E-state index in [0.29, 0.717) is 13.0 Å². The third-order valence-electron chi connectivity index (χ3n) is 2.76. The first-order valence-electron chi connectivity index (χ1n) is 6.33. The molecule has 106 valence electrons. The fourth-order valence-electron chi connectivity index (χ4n) is 1.64. The van der Waals surface area contributed by atoms with Gasteiger partial charge in [0.2, 0.25) is 0 Å². The highest BCUT2D eigenvalue weighted by atomic mass is 127.